The van der Waals surface area contributed by atoms with E-state index < -0.39 is 11.9 Å². The highest BCUT2D eigenvalue weighted by atomic mass is 16.7. The van der Waals surface area contributed by atoms with Crippen LogP contribution in [0.5, 0.6) is 5.75 Å². The van der Waals surface area contributed by atoms with Gasteiger partial charge >= 0.3 is 5.97 Å². The Kier molecular flexibility index (Phi) is 6.32. The van der Waals surface area contributed by atoms with E-state index in [1.54, 1.807) is 60.7 Å². The van der Waals surface area contributed by atoms with Crippen LogP contribution < -0.4 is 10.2 Å². The van der Waals surface area contributed by atoms with Gasteiger partial charge in [-0.3, -0.25) is 4.79 Å². The van der Waals surface area contributed by atoms with Gasteiger partial charge in [-0.25, -0.2) is 10.3 Å². The van der Waals surface area contributed by atoms with Crippen molar-refractivity contribution in [2.45, 2.75) is 6.92 Å². The zero-order valence-corrected chi connectivity index (χ0v) is 16.0. The van der Waals surface area contributed by atoms with Crippen LogP contribution in [0.2, 0.25) is 0 Å². The molecule has 0 aliphatic carbocycles. The third-order valence-electron chi connectivity index (χ3n) is 3.99. The highest BCUT2D eigenvalue weighted by Gasteiger charge is 2.09. The van der Waals surface area contributed by atoms with Crippen LogP contribution in [0.25, 0.3) is 0 Å². The van der Waals surface area contributed by atoms with Gasteiger partial charge in [-0.2, -0.15) is 0 Å². The summed E-state index contributed by atoms with van der Waals surface area (Å²) < 4.78 is 5.08. The van der Waals surface area contributed by atoms with Gasteiger partial charge in [0.25, 0.3) is 5.91 Å². The number of hydrogen-bond acceptors (Lipinski definition) is 6. The van der Waals surface area contributed by atoms with Crippen LogP contribution in [-0.4, -0.2) is 19.0 Å². The van der Waals surface area contributed by atoms with Crippen molar-refractivity contribution in [1.29, 1.82) is 0 Å². The summed E-state index contributed by atoms with van der Waals surface area (Å²) in [6.45, 7) is 1.94. The van der Waals surface area contributed by atoms with Gasteiger partial charge in [0.1, 0.15) is 5.75 Å². The summed E-state index contributed by atoms with van der Waals surface area (Å²) in [5.41, 5.74) is 5.51. The number of carbonyl (C=O) groups excluding carboxylic acids is 2. The van der Waals surface area contributed by atoms with Crippen molar-refractivity contribution >= 4 is 23.3 Å². The van der Waals surface area contributed by atoms with Crippen LogP contribution in [-0.2, 0) is 4.84 Å². The van der Waals surface area contributed by atoms with Crippen molar-refractivity contribution in [3.63, 3.8) is 0 Å². The molecule has 0 saturated carbocycles. The molecule has 1 amide bonds. The molecule has 3 aromatic carbocycles. The largest absolute Gasteiger partial charge is 0.497 e. The summed E-state index contributed by atoms with van der Waals surface area (Å²) in [4.78, 5) is 29.2. The fraction of sp³-hybridized carbons (Fsp3) is 0.0909. The molecule has 0 aliphatic heterocycles. The predicted molar refractivity (Wildman–Crippen MR) is 108 cm³/mol. The molecule has 7 nitrogen and oxygen atoms in total. The van der Waals surface area contributed by atoms with E-state index in [0.717, 1.165) is 5.56 Å². The molecule has 0 heterocycles. The molecule has 0 aliphatic rings. The number of nitrogens with one attached hydrogen (secondary N) is 1. The van der Waals surface area contributed by atoms with Gasteiger partial charge < -0.3 is 9.57 Å². The van der Waals surface area contributed by atoms with E-state index in [9.17, 15) is 9.59 Å². The molecule has 3 aromatic rings. The van der Waals surface area contributed by atoms with Gasteiger partial charge in [0.2, 0.25) is 0 Å². The van der Waals surface area contributed by atoms with Gasteiger partial charge in [0, 0.05) is 5.56 Å². The minimum absolute atomic E-state index is 0.358. The number of nitrogens with zero attached hydrogens (tertiary/aromatic N) is 2. The van der Waals surface area contributed by atoms with Crippen LogP contribution >= 0.6 is 0 Å². The Hall–Kier alpha value is -4.00. The molecule has 0 atom stereocenters. The van der Waals surface area contributed by atoms with Crippen LogP contribution in [0.1, 0.15) is 26.3 Å². The number of carbonyl (C=O) groups is 2. The summed E-state index contributed by atoms with van der Waals surface area (Å²) in [5.74, 6) is -0.398. The fourth-order valence-electron chi connectivity index (χ4n) is 2.37. The Balaban J connectivity index is 1.56. The lowest BCUT2D eigenvalue weighted by molar-refractivity contribution is 0.0596. The fourth-order valence-corrected chi connectivity index (χ4v) is 2.37. The molecule has 7 heteroatoms. The highest BCUT2D eigenvalue weighted by Crippen LogP contribution is 2.18. The lowest BCUT2D eigenvalue weighted by atomic mass is 10.1. The first-order chi connectivity index (χ1) is 14.0. The third kappa shape index (κ3) is 5.49. The third-order valence-corrected chi connectivity index (χ3v) is 3.99. The maximum absolute atomic E-state index is 12.1. The zero-order valence-electron chi connectivity index (χ0n) is 16.0. The van der Waals surface area contributed by atoms with Gasteiger partial charge in [-0.1, -0.05) is 23.8 Å². The van der Waals surface area contributed by atoms with Gasteiger partial charge in [-0.05, 0) is 61.5 Å². The van der Waals surface area contributed by atoms with E-state index in [1.165, 1.54) is 7.11 Å². The molecule has 0 aromatic heterocycles. The number of amides is 1. The zero-order chi connectivity index (χ0) is 20.6. The van der Waals surface area contributed by atoms with E-state index in [0.29, 0.717) is 28.3 Å². The van der Waals surface area contributed by atoms with Gasteiger partial charge in [0.05, 0.1) is 24.0 Å². The topological polar surface area (TPSA) is 89.3 Å². The van der Waals surface area contributed by atoms with Crippen molar-refractivity contribution in [3.05, 3.63) is 89.5 Å². The number of aryl methyl sites for hydroxylation is 1. The second kappa shape index (κ2) is 9.27. The SMILES string of the molecule is COc1cccc(C(=O)ONc2ccc(N=NC(=O)c3ccc(C)cc3)cc2)c1. The minimum atomic E-state index is -0.545. The molecule has 0 radical (unpaired) electrons. The first-order valence-corrected chi connectivity index (χ1v) is 8.79. The van der Waals surface area contributed by atoms with Crippen molar-refractivity contribution < 1.29 is 19.2 Å². The molecular formula is C22H19N3O4. The second-order valence-corrected chi connectivity index (χ2v) is 6.14. The van der Waals surface area contributed by atoms with Crippen LogP contribution in [0, 0.1) is 6.92 Å². The predicted octanol–water partition coefficient (Wildman–Crippen LogP) is 5.11. The number of ether oxygens (including phenoxy) is 1. The summed E-state index contributed by atoms with van der Waals surface area (Å²) >= 11 is 0. The molecule has 0 saturated heterocycles. The molecule has 3 rings (SSSR count). The van der Waals surface area contributed by atoms with E-state index in [-0.39, 0.29) is 0 Å². The number of benzene rings is 3. The highest BCUT2D eigenvalue weighted by molar-refractivity contribution is 5.94. The van der Waals surface area contributed by atoms with Crippen LogP contribution in [0.15, 0.2) is 83.0 Å². The van der Waals surface area contributed by atoms with Crippen LogP contribution in [0.4, 0.5) is 11.4 Å². The van der Waals surface area contributed by atoms with Crippen molar-refractivity contribution in [2.24, 2.45) is 10.2 Å². The van der Waals surface area contributed by atoms with Crippen molar-refractivity contribution in [2.75, 3.05) is 12.6 Å². The molecule has 0 spiro atoms. The normalized spacial score (nSPS) is 10.6. The van der Waals surface area contributed by atoms with Gasteiger partial charge in [0.15, 0.2) is 0 Å². The summed E-state index contributed by atoms with van der Waals surface area (Å²) in [5, 5.41) is 7.66. The maximum atomic E-state index is 12.1. The molecule has 0 bridgehead atoms. The van der Waals surface area contributed by atoms with Crippen molar-refractivity contribution in [3.8, 4) is 5.75 Å². The quantitative estimate of drug-likeness (QED) is 0.467. The van der Waals surface area contributed by atoms with E-state index >= 15 is 0 Å². The average molecular weight is 389 g/mol. The van der Waals surface area contributed by atoms with E-state index in [4.69, 9.17) is 9.57 Å². The number of methoxy groups -OCH3 is 1. The number of anilines is 1. The number of hydrogen-bond donors (Lipinski definition) is 1. The first kappa shape index (κ1) is 19.8. The smallest absolute Gasteiger partial charge is 0.362 e. The lowest BCUT2D eigenvalue weighted by Crippen LogP contribution is -2.10. The Bertz CT molecular complexity index is 1030. The molecule has 0 unspecified atom stereocenters. The Morgan fingerprint density at radius 3 is 2.31 bits per heavy atom. The Morgan fingerprint density at radius 2 is 1.62 bits per heavy atom. The standard InChI is InChI=1S/C22H19N3O4/c1-15-6-8-16(9-7-15)21(26)24-23-18-10-12-19(13-11-18)25-29-22(27)17-4-3-5-20(14-17)28-2/h3-14,25H,1-2H3. The average Bonchev–Trinajstić information content (AvgIpc) is 2.77. The van der Waals surface area contributed by atoms with E-state index in [2.05, 4.69) is 15.7 Å². The van der Waals surface area contributed by atoms with Crippen LogP contribution in [0.3, 0.4) is 0 Å². The minimum Gasteiger partial charge on any atom is -0.497 e. The Morgan fingerprint density at radius 1 is 0.897 bits per heavy atom. The maximum Gasteiger partial charge on any atom is 0.362 e. The monoisotopic (exact) mass is 389 g/mol. The molecular weight excluding hydrogens is 370 g/mol. The summed E-state index contributed by atoms with van der Waals surface area (Å²) in [6.07, 6.45) is 0. The molecule has 146 valence electrons. The molecule has 1 N–H and O–H groups in total. The summed E-state index contributed by atoms with van der Waals surface area (Å²) in [7, 11) is 1.52. The van der Waals surface area contributed by atoms with Gasteiger partial charge in [-0.15, -0.1) is 10.2 Å². The van der Waals surface area contributed by atoms with E-state index in [1.807, 2.05) is 19.1 Å². The molecule has 0 fully saturated rings. The first-order valence-electron chi connectivity index (χ1n) is 8.79. The Labute approximate surface area is 168 Å². The molecule has 29 heavy (non-hydrogen) atoms. The number of rotatable bonds is 6. The number of azo groups is 1. The van der Waals surface area contributed by atoms with Crippen molar-refractivity contribution in [1.82, 2.24) is 0 Å². The lowest BCUT2D eigenvalue weighted by Gasteiger charge is -2.07. The summed E-state index contributed by atoms with van der Waals surface area (Å²) in [6, 6.07) is 20.4. The second-order valence-electron chi connectivity index (χ2n) is 6.14.